The molecule has 2 heterocycles. The van der Waals surface area contributed by atoms with Crippen LogP contribution in [0.2, 0.25) is 0 Å². The largest absolute Gasteiger partial charge is 0.269 e. The van der Waals surface area contributed by atoms with Crippen LogP contribution in [-0.2, 0) is 12.8 Å². The fraction of sp³-hybridized carbons (Fsp3) is 0.250. The van der Waals surface area contributed by atoms with Gasteiger partial charge in [0.2, 0.25) is 0 Å². The highest BCUT2D eigenvalue weighted by molar-refractivity contribution is 5.80. The maximum atomic E-state index is 4.83. The number of aromatic nitrogens is 1. The molecule has 0 fully saturated rings. The quantitative estimate of drug-likeness (QED) is 0.687. The standard InChI is InChI=1S/C16H14N2/c1-2-4-15-12(3-1)7-13-8-14-10-17-6-5-11(14)9-16(13)18-15/h1-7,10-11,14H,8-9H2. The van der Waals surface area contributed by atoms with E-state index in [9.17, 15) is 0 Å². The monoisotopic (exact) mass is 234 g/mol. The molecule has 0 spiro atoms. The van der Waals surface area contributed by atoms with Crippen molar-refractivity contribution in [2.45, 2.75) is 12.8 Å². The predicted octanol–water partition coefficient (Wildman–Crippen LogP) is 3.16. The first-order chi connectivity index (χ1) is 8.90. The number of benzene rings is 1. The number of hydrogen-bond acceptors (Lipinski definition) is 2. The molecule has 1 aromatic heterocycles. The molecule has 0 amide bonds. The van der Waals surface area contributed by atoms with E-state index in [0.717, 1.165) is 18.4 Å². The van der Waals surface area contributed by atoms with Crippen LogP contribution < -0.4 is 0 Å². The zero-order valence-corrected chi connectivity index (χ0v) is 10.1. The zero-order valence-electron chi connectivity index (χ0n) is 10.1. The van der Waals surface area contributed by atoms with Crippen molar-refractivity contribution in [2.24, 2.45) is 16.8 Å². The predicted molar refractivity (Wildman–Crippen MR) is 73.8 cm³/mol. The van der Waals surface area contributed by atoms with Crippen molar-refractivity contribution in [1.29, 1.82) is 0 Å². The van der Waals surface area contributed by atoms with Crippen LogP contribution in [0, 0.1) is 11.8 Å². The molecule has 1 aromatic carbocycles. The summed E-state index contributed by atoms with van der Waals surface area (Å²) in [4.78, 5) is 9.10. The molecule has 0 saturated heterocycles. The Hall–Kier alpha value is -1.96. The van der Waals surface area contributed by atoms with E-state index in [1.54, 1.807) is 0 Å². The minimum atomic E-state index is 0.561. The van der Waals surface area contributed by atoms with Gasteiger partial charge in [0.05, 0.1) is 5.52 Å². The van der Waals surface area contributed by atoms with Gasteiger partial charge in [-0.2, -0.15) is 0 Å². The number of pyridine rings is 1. The van der Waals surface area contributed by atoms with Gasteiger partial charge in [-0.05, 0) is 36.5 Å². The summed E-state index contributed by atoms with van der Waals surface area (Å²) >= 11 is 0. The minimum absolute atomic E-state index is 0.561. The maximum Gasteiger partial charge on any atom is 0.0705 e. The number of hydrogen-bond donors (Lipinski definition) is 0. The van der Waals surface area contributed by atoms with E-state index in [2.05, 4.69) is 47.6 Å². The second-order valence-electron chi connectivity index (χ2n) is 5.16. The van der Waals surface area contributed by atoms with Crippen molar-refractivity contribution in [2.75, 3.05) is 0 Å². The van der Waals surface area contributed by atoms with Crippen molar-refractivity contribution in [3.63, 3.8) is 0 Å². The molecule has 0 bridgehead atoms. The van der Waals surface area contributed by atoms with Crippen LogP contribution in [0.1, 0.15) is 11.3 Å². The number of rotatable bonds is 0. The van der Waals surface area contributed by atoms with E-state index < -0.39 is 0 Å². The molecule has 2 aliphatic rings. The van der Waals surface area contributed by atoms with Gasteiger partial charge in [0.1, 0.15) is 0 Å². The average molecular weight is 234 g/mol. The normalized spacial score (nSPS) is 24.9. The lowest BCUT2D eigenvalue weighted by Gasteiger charge is -2.29. The summed E-state index contributed by atoms with van der Waals surface area (Å²) in [5, 5.41) is 1.25. The first kappa shape index (κ1) is 10.0. The SMILES string of the molecule is C1=CC2Cc3nc4ccccc4cc3CC2C=N1. The van der Waals surface area contributed by atoms with E-state index in [0.29, 0.717) is 11.8 Å². The van der Waals surface area contributed by atoms with Crippen LogP contribution in [0.5, 0.6) is 0 Å². The van der Waals surface area contributed by atoms with Gasteiger partial charge in [-0.3, -0.25) is 9.98 Å². The van der Waals surface area contributed by atoms with Crippen molar-refractivity contribution in [3.8, 4) is 0 Å². The molecule has 0 N–H and O–H groups in total. The van der Waals surface area contributed by atoms with Crippen molar-refractivity contribution in [1.82, 2.24) is 4.98 Å². The molecular formula is C16H14N2. The van der Waals surface area contributed by atoms with E-state index in [1.807, 2.05) is 6.20 Å². The molecule has 2 nitrogen and oxygen atoms in total. The topological polar surface area (TPSA) is 25.2 Å². The third-order valence-corrected chi connectivity index (χ3v) is 4.02. The van der Waals surface area contributed by atoms with Crippen LogP contribution in [0.25, 0.3) is 10.9 Å². The summed E-state index contributed by atoms with van der Waals surface area (Å²) in [6.45, 7) is 0. The maximum absolute atomic E-state index is 4.83. The fourth-order valence-corrected chi connectivity index (χ4v) is 3.03. The van der Waals surface area contributed by atoms with Gasteiger partial charge in [0, 0.05) is 29.4 Å². The summed E-state index contributed by atoms with van der Waals surface area (Å²) in [5.74, 6) is 1.15. The molecule has 88 valence electrons. The van der Waals surface area contributed by atoms with E-state index in [4.69, 9.17) is 4.98 Å². The molecule has 2 atom stereocenters. The van der Waals surface area contributed by atoms with Gasteiger partial charge >= 0.3 is 0 Å². The summed E-state index contributed by atoms with van der Waals surface area (Å²) in [7, 11) is 0. The highest BCUT2D eigenvalue weighted by Crippen LogP contribution is 2.32. The smallest absolute Gasteiger partial charge is 0.0705 e. The molecule has 2 heteroatoms. The second-order valence-corrected chi connectivity index (χ2v) is 5.16. The Morgan fingerprint density at radius 2 is 2.00 bits per heavy atom. The lowest BCUT2D eigenvalue weighted by atomic mass is 9.77. The second kappa shape index (κ2) is 3.77. The average Bonchev–Trinajstić information content (AvgIpc) is 2.42. The Labute approximate surface area is 106 Å². The van der Waals surface area contributed by atoms with E-state index in [-0.39, 0.29) is 0 Å². The molecule has 4 rings (SSSR count). The van der Waals surface area contributed by atoms with Gasteiger partial charge in [-0.25, -0.2) is 0 Å². The number of allylic oxidation sites excluding steroid dienone is 1. The Morgan fingerprint density at radius 1 is 1.06 bits per heavy atom. The summed E-state index contributed by atoms with van der Waals surface area (Å²) in [6, 6.07) is 10.7. The molecule has 0 saturated carbocycles. The Bertz CT molecular complexity index is 611. The van der Waals surface area contributed by atoms with Crippen LogP contribution in [0.3, 0.4) is 0 Å². The third-order valence-electron chi connectivity index (χ3n) is 4.02. The first-order valence-corrected chi connectivity index (χ1v) is 6.48. The molecule has 18 heavy (non-hydrogen) atoms. The number of aliphatic imine (C=N–C) groups is 1. The molecule has 2 aromatic rings. The van der Waals surface area contributed by atoms with Crippen LogP contribution in [-0.4, -0.2) is 11.2 Å². The summed E-state index contributed by atoms with van der Waals surface area (Å²) in [5.41, 5.74) is 3.79. The molecule has 1 aliphatic carbocycles. The van der Waals surface area contributed by atoms with Crippen molar-refractivity contribution < 1.29 is 0 Å². The Morgan fingerprint density at radius 3 is 3.00 bits per heavy atom. The Balaban J connectivity index is 1.85. The van der Waals surface area contributed by atoms with Gasteiger partial charge in [-0.1, -0.05) is 24.3 Å². The lowest BCUT2D eigenvalue weighted by Crippen LogP contribution is -2.27. The summed E-state index contributed by atoms with van der Waals surface area (Å²) < 4.78 is 0. The van der Waals surface area contributed by atoms with Crippen LogP contribution in [0.15, 0.2) is 47.6 Å². The highest BCUT2D eigenvalue weighted by atomic mass is 14.7. The molecule has 2 unspecified atom stereocenters. The minimum Gasteiger partial charge on any atom is -0.269 e. The Kier molecular flexibility index (Phi) is 2.10. The first-order valence-electron chi connectivity index (χ1n) is 6.48. The number of nitrogens with zero attached hydrogens (tertiary/aromatic N) is 2. The van der Waals surface area contributed by atoms with E-state index in [1.165, 1.54) is 16.6 Å². The van der Waals surface area contributed by atoms with Gasteiger partial charge in [0.15, 0.2) is 0 Å². The van der Waals surface area contributed by atoms with Crippen molar-refractivity contribution >= 4 is 17.1 Å². The van der Waals surface area contributed by atoms with Crippen LogP contribution in [0.4, 0.5) is 0 Å². The highest BCUT2D eigenvalue weighted by Gasteiger charge is 2.27. The van der Waals surface area contributed by atoms with Gasteiger partial charge in [0.25, 0.3) is 0 Å². The molecule has 0 radical (unpaired) electrons. The van der Waals surface area contributed by atoms with E-state index >= 15 is 0 Å². The number of fused-ring (bicyclic) bond motifs is 3. The van der Waals surface area contributed by atoms with Crippen molar-refractivity contribution in [3.05, 3.63) is 53.9 Å². The summed E-state index contributed by atoms with van der Waals surface area (Å²) in [6.07, 6.45) is 8.37. The van der Waals surface area contributed by atoms with Crippen LogP contribution >= 0.6 is 0 Å². The van der Waals surface area contributed by atoms with Gasteiger partial charge < -0.3 is 0 Å². The molecule has 1 aliphatic heterocycles. The zero-order chi connectivity index (χ0) is 11.9. The number of para-hydroxylation sites is 1. The molecular weight excluding hydrogens is 220 g/mol. The fourth-order valence-electron chi connectivity index (χ4n) is 3.03. The van der Waals surface area contributed by atoms with Gasteiger partial charge in [-0.15, -0.1) is 0 Å². The lowest BCUT2D eigenvalue weighted by molar-refractivity contribution is 0.462. The third kappa shape index (κ3) is 1.49.